The summed E-state index contributed by atoms with van der Waals surface area (Å²) < 4.78 is 11.6. The van der Waals surface area contributed by atoms with Gasteiger partial charge < -0.3 is 9.47 Å². The van der Waals surface area contributed by atoms with Crippen LogP contribution in [0.25, 0.3) is 0 Å². The van der Waals surface area contributed by atoms with Crippen LogP contribution in [0.4, 0.5) is 0 Å². The van der Waals surface area contributed by atoms with Gasteiger partial charge in [-0.15, -0.1) is 0 Å². The van der Waals surface area contributed by atoms with Gasteiger partial charge in [0.15, 0.2) is 0 Å². The number of rotatable bonds is 3. The molecule has 2 bridgehead atoms. The van der Waals surface area contributed by atoms with Gasteiger partial charge in [0.2, 0.25) is 0 Å². The molecule has 1 aliphatic carbocycles. The van der Waals surface area contributed by atoms with Crippen molar-refractivity contribution in [1.82, 2.24) is 0 Å². The van der Waals surface area contributed by atoms with Crippen LogP contribution in [-0.2, 0) is 14.3 Å². The van der Waals surface area contributed by atoms with Crippen LogP contribution >= 0.6 is 0 Å². The molecule has 2 heterocycles. The molecular formula is C17H26O3. The molecule has 1 saturated heterocycles. The van der Waals surface area contributed by atoms with E-state index in [1.54, 1.807) is 0 Å². The third-order valence-electron chi connectivity index (χ3n) is 5.26. The Balaban J connectivity index is 1.63. The molecule has 0 radical (unpaired) electrons. The van der Waals surface area contributed by atoms with Gasteiger partial charge >= 0.3 is 5.97 Å². The van der Waals surface area contributed by atoms with Gasteiger partial charge in [0.25, 0.3) is 0 Å². The first-order chi connectivity index (χ1) is 9.54. The smallest absolute Gasteiger partial charge is 0.312 e. The summed E-state index contributed by atoms with van der Waals surface area (Å²) in [6.45, 7) is 6.75. The van der Waals surface area contributed by atoms with Gasteiger partial charge in [-0.2, -0.15) is 0 Å². The van der Waals surface area contributed by atoms with E-state index in [2.05, 4.69) is 26.8 Å². The Kier molecular flexibility index (Phi) is 3.89. The molecule has 0 spiro atoms. The summed E-state index contributed by atoms with van der Waals surface area (Å²) in [5.41, 5.74) is 0. The van der Waals surface area contributed by atoms with Crippen LogP contribution in [0.5, 0.6) is 0 Å². The molecule has 6 atom stereocenters. The average Bonchev–Trinajstić information content (AvgIpc) is 3.00. The summed E-state index contributed by atoms with van der Waals surface area (Å²) in [4.78, 5) is 12.4. The van der Waals surface area contributed by atoms with E-state index in [0.29, 0.717) is 17.8 Å². The fraction of sp³-hybridized carbons (Fsp3) is 0.824. The lowest BCUT2D eigenvalue weighted by molar-refractivity contribution is -0.162. The lowest BCUT2D eigenvalue weighted by atomic mass is 9.75. The second-order valence-corrected chi connectivity index (χ2v) is 7.17. The highest BCUT2D eigenvalue weighted by Gasteiger charge is 2.43. The Labute approximate surface area is 121 Å². The second kappa shape index (κ2) is 5.51. The van der Waals surface area contributed by atoms with Gasteiger partial charge in [-0.1, -0.05) is 39.3 Å². The van der Waals surface area contributed by atoms with Crippen LogP contribution in [0.3, 0.4) is 0 Å². The zero-order chi connectivity index (χ0) is 14.3. The Morgan fingerprint density at radius 3 is 2.65 bits per heavy atom. The number of hydrogen-bond acceptors (Lipinski definition) is 3. The predicted molar refractivity (Wildman–Crippen MR) is 77.1 cm³/mol. The maximum atomic E-state index is 12.4. The molecule has 1 saturated carbocycles. The maximum Gasteiger partial charge on any atom is 0.312 e. The predicted octanol–water partition coefficient (Wildman–Crippen LogP) is 3.33. The van der Waals surface area contributed by atoms with Crippen LogP contribution in [0, 0.1) is 23.7 Å². The molecule has 3 nitrogen and oxygen atoms in total. The van der Waals surface area contributed by atoms with Crippen LogP contribution < -0.4 is 0 Å². The SMILES string of the molecule is CC(C)[C@@H]1CC[C@@H](C)C[C@H]1OC(=O)[C@@H]1C[C@@H]2C=C[C@H]1O2. The standard InChI is InChI=1S/C17H26O3/c1-10(2)13-6-4-11(3)8-16(13)20-17(18)14-9-12-5-7-15(14)19-12/h5,7,10-16H,4,6,8-9H2,1-3H3/t11-,12+,13+,14-,15-,16-/m1/s1. The van der Waals surface area contributed by atoms with E-state index in [9.17, 15) is 4.79 Å². The summed E-state index contributed by atoms with van der Waals surface area (Å²) in [5, 5.41) is 0. The zero-order valence-corrected chi connectivity index (χ0v) is 12.7. The van der Waals surface area contributed by atoms with Crippen LogP contribution in [-0.4, -0.2) is 24.3 Å². The minimum absolute atomic E-state index is 0.0356. The highest BCUT2D eigenvalue weighted by Crippen LogP contribution is 2.38. The normalized spacial score (nSPS) is 43.2. The van der Waals surface area contributed by atoms with Crippen molar-refractivity contribution in [2.24, 2.45) is 23.7 Å². The van der Waals surface area contributed by atoms with E-state index >= 15 is 0 Å². The van der Waals surface area contributed by atoms with Crippen molar-refractivity contribution in [2.45, 2.75) is 64.8 Å². The summed E-state index contributed by atoms with van der Waals surface area (Å²) in [7, 11) is 0. The van der Waals surface area contributed by atoms with Crippen molar-refractivity contribution in [3.05, 3.63) is 12.2 Å². The summed E-state index contributed by atoms with van der Waals surface area (Å²) in [6, 6.07) is 0. The van der Waals surface area contributed by atoms with Gasteiger partial charge in [-0.05, 0) is 37.0 Å². The second-order valence-electron chi connectivity index (χ2n) is 7.17. The molecule has 0 aromatic carbocycles. The fourth-order valence-electron chi connectivity index (χ4n) is 3.99. The third kappa shape index (κ3) is 2.65. The molecule has 3 aliphatic rings. The van der Waals surface area contributed by atoms with E-state index in [-0.39, 0.29) is 30.2 Å². The molecule has 20 heavy (non-hydrogen) atoms. The summed E-state index contributed by atoms with van der Waals surface area (Å²) in [6.07, 6.45) is 8.56. The molecule has 0 aromatic heterocycles. The number of ether oxygens (including phenoxy) is 2. The van der Waals surface area contributed by atoms with Gasteiger partial charge in [0.05, 0.1) is 18.1 Å². The molecule has 0 amide bonds. The first kappa shape index (κ1) is 14.1. The van der Waals surface area contributed by atoms with Crippen LogP contribution in [0.2, 0.25) is 0 Å². The van der Waals surface area contributed by atoms with E-state index in [0.717, 1.165) is 12.8 Å². The van der Waals surface area contributed by atoms with E-state index in [4.69, 9.17) is 9.47 Å². The van der Waals surface area contributed by atoms with Gasteiger partial charge in [-0.25, -0.2) is 0 Å². The van der Waals surface area contributed by atoms with E-state index < -0.39 is 0 Å². The number of carbonyl (C=O) groups is 1. The first-order valence-electron chi connectivity index (χ1n) is 8.09. The van der Waals surface area contributed by atoms with Gasteiger partial charge in [0, 0.05) is 0 Å². The molecule has 0 N–H and O–H groups in total. The number of hydrogen-bond donors (Lipinski definition) is 0. The largest absolute Gasteiger partial charge is 0.462 e. The van der Waals surface area contributed by atoms with Crippen molar-refractivity contribution in [1.29, 1.82) is 0 Å². The van der Waals surface area contributed by atoms with Crippen molar-refractivity contribution in [3.63, 3.8) is 0 Å². The molecule has 3 rings (SSSR count). The number of esters is 1. The first-order valence-corrected chi connectivity index (χ1v) is 8.09. The van der Waals surface area contributed by atoms with E-state index in [1.165, 1.54) is 12.8 Å². The molecule has 2 aliphatic heterocycles. The van der Waals surface area contributed by atoms with Crippen molar-refractivity contribution in [2.75, 3.05) is 0 Å². The highest BCUT2D eigenvalue weighted by atomic mass is 16.6. The Hall–Kier alpha value is -0.830. The molecule has 0 aromatic rings. The third-order valence-corrected chi connectivity index (χ3v) is 5.26. The zero-order valence-electron chi connectivity index (χ0n) is 12.7. The molecule has 112 valence electrons. The summed E-state index contributed by atoms with van der Waals surface area (Å²) >= 11 is 0. The maximum absolute atomic E-state index is 12.4. The lowest BCUT2D eigenvalue weighted by Gasteiger charge is -2.37. The van der Waals surface area contributed by atoms with Crippen molar-refractivity contribution < 1.29 is 14.3 Å². The minimum Gasteiger partial charge on any atom is -0.462 e. The quantitative estimate of drug-likeness (QED) is 0.587. The lowest BCUT2D eigenvalue weighted by Crippen LogP contribution is -2.38. The average molecular weight is 278 g/mol. The Morgan fingerprint density at radius 1 is 1.25 bits per heavy atom. The molecular weight excluding hydrogens is 252 g/mol. The Morgan fingerprint density at radius 2 is 2.05 bits per heavy atom. The van der Waals surface area contributed by atoms with Gasteiger partial charge in [-0.3, -0.25) is 4.79 Å². The van der Waals surface area contributed by atoms with E-state index in [1.807, 2.05) is 6.08 Å². The van der Waals surface area contributed by atoms with Crippen molar-refractivity contribution in [3.8, 4) is 0 Å². The Bertz CT molecular complexity index is 401. The topological polar surface area (TPSA) is 35.5 Å². The highest BCUT2D eigenvalue weighted by molar-refractivity contribution is 5.74. The number of fused-ring (bicyclic) bond motifs is 2. The van der Waals surface area contributed by atoms with Crippen molar-refractivity contribution >= 4 is 5.97 Å². The monoisotopic (exact) mass is 278 g/mol. The molecule has 0 unspecified atom stereocenters. The summed E-state index contributed by atoms with van der Waals surface area (Å²) in [5.74, 6) is 1.65. The fourth-order valence-corrected chi connectivity index (χ4v) is 3.99. The molecule has 2 fully saturated rings. The van der Waals surface area contributed by atoms with Gasteiger partial charge in [0.1, 0.15) is 6.10 Å². The minimum atomic E-state index is -0.0740. The molecule has 3 heteroatoms. The van der Waals surface area contributed by atoms with Crippen LogP contribution in [0.15, 0.2) is 12.2 Å². The number of carbonyl (C=O) groups excluding carboxylic acids is 1. The van der Waals surface area contributed by atoms with Crippen LogP contribution in [0.1, 0.15) is 46.5 Å².